The molecule has 8 heteroatoms. The molecule has 3 aromatic rings. The summed E-state index contributed by atoms with van der Waals surface area (Å²) in [6.45, 7) is 3.69. The summed E-state index contributed by atoms with van der Waals surface area (Å²) >= 11 is 0. The van der Waals surface area contributed by atoms with Crippen LogP contribution in [0.3, 0.4) is 0 Å². The molecule has 2 atom stereocenters. The van der Waals surface area contributed by atoms with E-state index in [9.17, 15) is 8.42 Å². The topological polar surface area (TPSA) is 103 Å². The van der Waals surface area contributed by atoms with Gasteiger partial charge in [-0.05, 0) is 44.2 Å². The van der Waals surface area contributed by atoms with Gasteiger partial charge in [-0.15, -0.1) is 0 Å². The lowest BCUT2D eigenvalue weighted by Crippen LogP contribution is -2.60. The Kier molecular flexibility index (Phi) is 4.15. The fourth-order valence-corrected chi connectivity index (χ4v) is 4.97. The van der Waals surface area contributed by atoms with Crippen LogP contribution in [0.2, 0.25) is 0 Å². The molecule has 158 valence electrons. The Balaban J connectivity index is 1.49. The predicted molar refractivity (Wildman–Crippen MR) is 117 cm³/mol. The van der Waals surface area contributed by atoms with Gasteiger partial charge in [0.05, 0.1) is 4.90 Å². The fraction of sp³-hybridized carbons (Fsp3) is 0.174. The summed E-state index contributed by atoms with van der Waals surface area (Å²) in [6.07, 6.45) is 0. The van der Waals surface area contributed by atoms with Crippen LogP contribution in [-0.4, -0.2) is 19.9 Å². The number of nitrogens with one attached hydrogen (secondary N) is 1. The highest BCUT2D eigenvalue weighted by atomic mass is 32.2. The first-order valence-corrected chi connectivity index (χ1v) is 11.3. The molecule has 0 aromatic heterocycles. The third-order valence-corrected chi connectivity index (χ3v) is 7.17. The number of benzene rings is 3. The minimum absolute atomic E-state index is 0.182. The van der Waals surface area contributed by atoms with Gasteiger partial charge in [-0.3, -0.25) is 10.5 Å². The van der Waals surface area contributed by atoms with Gasteiger partial charge in [0, 0.05) is 16.8 Å². The number of hydrogen-bond acceptors (Lipinski definition) is 6. The zero-order valence-corrected chi connectivity index (χ0v) is 17.8. The maximum Gasteiger partial charge on any atom is 0.261 e. The average molecular weight is 436 g/mol. The second-order valence-corrected chi connectivity index (χ2v) is 9.58. The van der Waals surface area contributed by atoms with E-state index in [4.69, 9.17) is 15.3 Å². The van der Waals surface area contributed by atoms with Gasteiger partial charge in [0.1, 0.15) is 5.75 Å². The summed E-state index contributed by atoms with van der Waals surface area (Å²) in [5.74, 6) is 0.520. The van der Waals surface area contributed by atoms with Gasteiger partial charge in [-0.1, -0.05) is 53.2 Å². The van der Waals surface area contributed by atoms with E-state index < -0.39 is 21.3 Å². The van der Waals surface area contributed by atoms with Gasteiger partial charge < -0.3 is 9.57 Å². The van der Waals surface area contributed by atoms with Crippen LogP contribution in [-0.2, 0) is 20.5 Å². The van der Waals surface area contributed by atoms with E-state index in [0.717, 1.165) is 11.1 Å². The molecule has 3 aromatic carbocycles. The second-order valence-electron chi connectivity index (χ2n) is 7.90. The molecule has 7 nitrogen and oxygen atoms in total. The Morgan fingerprint density at radius 1 is 1.00 bits per heavy atom. The van der Waals surface area contributed by atoms with Crippen LogP contribution in [0.5, 0.6) is 5.75 Å². The van der Waals surface area contributed by atoms with Crippen LogP contribution in [0.15, 0.2) is 82.8 Å². The van der Waals surface area contributed by atoms with Crippen molar-refractivity contribution in [3.63, 3.8) is 0 Å². The molecule has 2 aliphatic heterocycles. The third kappa shape index (κ3) is 2.90. The summed E-state index contributed by atoms with van der Waals surface area (Å²) in [5.41, 5.74) is 7.49. The molecule has 0 bridgehead atoms. The minimum atomic E-state index is -3.75. The largest absolute Gasteiger partial charge is 0.462 e. The highest BCUT2D eigenvalue weighted by Gasteiger charge is 2.65. The molecular weight excluding hydrogens is 414 g/mol. The Morgan fingerprint density at radius 2 is 1.71 bits per heavy atom. The predicted octanol–water partition coefficient (Wildman–Crippen LogP) is 3.49. The normalized spacial score (nSPS) is 23.9. The number of rotatable bonds is 4. The molecule has 0 saturated carbocycles. The van der Waals surface area contributed by atoms with Gasteiger partial charge in [-0.2, -0.15) is 0 Å². The number of fused-ring (bicyclic) bond motifs is 3. The van der Waals surface area contributed by atoms with Crippen LogP contribution in [0.1, 0.15) is 23.6 Å². The molecule has 0 radical (unpaired) electrons. The Morgan fingerprint density at radius 3 is 2.42 bits per heavy atom. The van der Waals surface area contributed by atoms with Gasteiger partial charge in [0.2, 0.25) is 5.60 Å². The number of oxime groups is 1. The first kappa shape index (κ1) is 19.6. The summed E-state index contributed by atoms with van der Waals surface area (Å²) in [4.78, 5) is 5.99. The summed E-state index contributed by atoms with van der Waals surface area (Å²) in [5, 5.41) is 4.22. The lowest BCUT2D eigenvalue weighted by Gasteiger charge is -2.30. The van der Waals surface area contributed by atoms with Crippen molar-refractivity contribution in [3.8, 4) is 5.75 Å². The van der Waals surface area contributed by atoms with Gasteiger partial charge in [-0.25, -0.2) is 8.42 Å². The highest BCUT2D eigenvalue weighted by Crippen LogP contribution is 2.53. The smallest absolute Gasteiger partial charge is 0.261 e. The van der Waals surface area contributed by atoms with E-state index in [1.807, 2.05) is 37.3 Å². The van der Waals surface area contributed by atoms with Crippen molar-refractivity contribution < 1.29 is 18.0 Å². The lowest BCUT2D eigenvalue weighted by atomic mass is 9.83. The second kappa shape index (κ2) is 6.57. The summed E-state index contributed by atoms with van der Waals surface area (Å²) in [6, 6.07) is 21.1. The number of hydrogen-bond donors (Lipinski definition) is 2. The van der Waals surface area contributed by atoms with Gasteiger partial charge >= 0.3 is 0 Å². The Hall–Kier alpha value is -3.36. The van der Waals surface area contributed by atoms with Crippen LogP contribution in [0, 0.1) is 6.92 Å². The van der Waals surface area contributed by atoms with E-state index in [0.29, 0.717) is 22.7 Å². The average Bonchev–Trinajstić information content (AvgIpc) is 3.13. The van der Waals surface area contributed by atoms with Crippen LogP contribution < -0.4 is 15.2 Å². The molecule has 5 rings (SSSR count). The molecule has 2 heterocycles. The monoisotopic (exact) mass is 435 g/mol. The van der Waals surface area contributed by atoms with E-state index in [1.165, 1.54) is 0 Å². The molecule has 0 spiro atoms. The van der Waals surface area contributed by atoms with Crippen LogP contribution >= 0.6 is 0 Å². The lowest BCUT2D eigenvalue weighted by molar-refractivity contribution is -0.0825. The molecule has 0 saturated heterocycles. The molecule has 0 amide bonds. The van der Waals surface area contributed by atoms with Crippen LogP contribution in [0.4, 0.5) is 5.69 Å². The SMILES string of the molecule is Cc1ccc(S(=O)(=O)Nc2ccc3c(c2)[C@]2(C)ON=C(c4ccccc4)[C@]2(N)O3)cc1. The maximum absolute atomic E-state index is 12.8. The van der Waals surface area contributed by atoms with E-state index in [-0.39, 0.29) is 4.90 Å². The Bertz CT molecular complexity index is 1310. The van der Waals surface area contributed by atoms with Crippen molar-refractivity contribution in [3.05, 3.63) is 89.5 Å². The third-order valence-electron chi connectivity index (χ3n) is 5.78. The fourth-order valence-electron chi connectivity index (χ4n) is 3.92. The molecule has 0 unspecified atom stereocenters. The maximum atomic E-state index is 12.8. The zero-order chi connectivity index (χ0) is 21.9. The van der Waals surface area contributed by atoms with Gasteiger partial charge in [0.25, 0.3) is 15.7 Å². The number of nitrogens with zero attached hydrogens (tertiary/aromatic N) is 1. The number of sulfonamides is 1. The molecule has 3 N–H and O–H groups in total. The van der Waals surface area contributed by atoms with E-state index in [2.05, 4.69) is 9.88 Å². The number of anilines is 1. The standard InChI is InChI=1S/C23H21N3O4S/c1-15-8-11-18(12-9-15)31(27,28)26-17-10-13-20-19(14-17)22(2)23(24,29-20)21(25-30-22)16-6-4-3-5-7-16/h3-14,26H,24H2,1-2H3/t22-,23-/m0/s1. The molecule has 0 aliphatic carbocycles. The Labute approximate surface area is 180 Å². The first-order valence-electron chi connectivity index (χ1n) is 9.77. The van der Waals surface area contributed by atoms with Crippen molar-refractivity contribution >= 4 is 21.4 Å². The number of ether oxygens (including phenoxy) is 1. The first-order chi connectivity index (χ1) is 14.7. The zero-order valence-electron chi connectivity index (χ0n) is 17.0. The molecule has 31 heavy (non-hydrogen) atoms. The number of nitrogens with two attached hydrogens (primary N) is 1. The van der Waals surface area contributed by atoms with Crippen molar-refractivity contribution in [2.75, 3.05) is 4.72 Å². The quantitative estimate of drug-likeness (QED) is 0.653. The summed E-state index contributed by atoms with van der Waals surface area (Å²) < 4.78 is 34.3. The van der Waals surface area contributed by atoms with Crippen molar-refractivity contribution in [1.29, 1.82) is 0 Å². The van der Waals surface area contributed by atoms with E-state index >= 15 is 0 Å². The van der Waals surface area contributed by atoms with Crippen molar-refractivity contribution in [2.45, 2.75) is 30.1 Å². The van der Waals surface area contributed by atoms with Crippen molar-refractivity contribution in [1.82, 2.24) is 0 Å². The molecule has 2 aliphatic rings. The summed E-state index contributed by atoms with van der Waals surface area (Å²) in [7, 11) is -3.75. The van der Waals surface area contributed by atoms with Gasteiger partial charge in [0.15, 0.2) is 5.71 Å². The highest BCUT2D eigenvalue weighted by molar-refractivity contribution is 7.92. The molecular formula is C23H21N3O4S. The van der Waals surface area contributed by atoms with Crippen LogP contribution in [0.25, 0.3) is 0 Å². The van der Waals surface area contributed by atoms with Crippen molar-refractivity contribution in [2.24, 2.45) is 10.9 Å². The van der Waals surface area contributed by atoms with E-state index in [1.54, 1.807) is 49.4 Å². The number of aryl methyl sites for hydroxylation is 1. The molecule has 0 fully saturated rings. The minimum Gasteiger partial charge on any atom is -0.462 e.